The SMILES string of the molecule is C[C@@H](C(=O)Nc1ccccc1C#N)N1C(=O)c2ccccc2C1=O. The van der Waals surface area contributed by atoms with Gasteiger partial charge in [-0.2, -0.15) is 5.26 Å². The van der Waals surface area contributed by atoms with Crippen LogP contribution in [0.25, 0.3) is 0 Å². The van der Waals surface area contributed by atoms with E-state index in [4.69, 9.17) is 5.26 Å². The first kappa shape index (κ1) is 15.4. The summed E-state index contributed by atoms with van der Waals surface area (Å²) < 4.78 is 0. The Balaban J connectivity index is 1.84. The molecule has 0 saturated heterocycles. The van der Waals surface area contributed by atoms with Crippen LogP contribution in [0.4, 0.5) is 5.69 Å². The van der Waals surface area contributed by atoms with Gasteiger partial charge in [0.25, 0.3) is 11.8 Å². The first-order valence-corrected chi connectivity index (χ1v) is 7.31. The number of carbonyl (C=O) groups is 3. The molecule has 0 saturated carbocycles. The fourth-order valence-electron chi connectivity index (χ4n) is 2.60. The standard InChI is InChI=1S/C18H13N3O3/c1-11(16(22)20-15-9-5-2-6-12(15)10-19)21-17(23)13-7-3-4-8-14(13)18(21)24/h2-9,11H,1H3,(H,20,22)/t11-/m0/s1. The summed E-state index contributed by atoms with van der Waals surface area (Å²) >= 11 is 0. The summed E-state index contributed by atoms with van der Waals surface area (Å²) in [5.74, 6) is -1.52. The van der Waals surface area contributed by atoms with Crippen LogP contribution >= 0.6 is 0 Å². The number of rotatable bonds is 3. The summed E-state index contributed by atoms with van der Waals surface area (Å²) in [6.07, 6.45) is 0. The normalized spacial score (nSPS) is 14.1. The van der Waals surface area contributed by atoms with E-state index >= 15 is 0 Å². The lowest BCUT2D eigenvalue weighted by Crippen LogP contribution is -2.45. The molecule has 24 heavy (non-hydrogen) atoms. The lowest BCUT2D eigenvalue weighted by molar-refractivity contribution is -0.119. The molecular weight excluding hydrogens is 306 g/mol. The second-order valence-corrected chi connectivity index (χ2v) is 5.35. The van der Waals surface area contributed by atoms with Crippen molar-refractivity contribution in [3.8, 4) is 6.07 Å². The highest BCUT2D eigenvalue weighted by molar-refractivity contribution is 6.23. The second-order valence-electron chi connectivity index (χ2n) is 5.35. The van der Waals surface area contributed by atoms with Crippen molar-refractivity contribution in [2.75, 3.05) is 5.32 Å². The van der Waals surface area contributed by atoms with E-state index in [9.17, 15) is 14.4 Å². The molecule has 0 radical (unpaired) electrons. The van der Waals surface area contributed by atoms with Gasteiger partial charge in [0.2, 0.25) is 5.91 Å². The average molecular weight is 319 g/mol. The maximum absolute atomic E-state index is 12.4. The molecule has 0 unspecified atom stereocenters. The fourth-order valence-corrected chi connectivity index (χ4v) is 2.60. The predicted octanol–water partition coefficient (Wildman–Crippen LogP) is 2.18. The van der Waals surface area contributed by atoms with Crippen molar-refractivity contribution in [3.63, 3.8) is 0 Å². The van der Waals surface area contributed by atoms with Gasteiger partial charge >= 0.3 is 0 Å². The van der Waals surface area contributed by atoms with Crippen molar-refractivity contribution in [2.45, 2.75) is 13.0 Å². The molecule has 6 heteroatoms. The maximum atomic E-state index is 12.4. The third-order valence-corrected chi connectivity index (χ3v) is 3.90. The van der Waals surface area contributed by atoms with Gasteiger partial charge in [-0.3, -0.25) is 19.3 Å². The van der Waals surface area contributed by atoms with Crippen LogP contribution < -0.4 is 5.32 Å². The number of amides is 3. The van der Waals surface area contributed by atoms with Gasteiger partial charge in [-0.1, -0.05) is 24.3 Å². The van der Waals surface area contributed by atoms with E-state index in [1.807, 2.05) is 6.07 Å². The molecule has 1 N–H and O–H groups in total. The van der Waals surface area contributed by atoms with E-state index in [0.717, 1.165) is 4.90 Å². The van der Waals surface area contributed by atoms with E-state index in [-0.39, 0.29) is 0 Å². The van der Waals surface area contributed by atoms with Crippen molar-refractivity contribution in [2.24, 2.45) is 0 Å². The van der Waals surface area contributed by atoms with Gasteiger partial charge in [0, 0.05) is 0 Å². The second kappa shape index (κ2) is 5.97. The van der Waals surface area contributed by atoms with E-state index in [0.29, 0.717) is 22.4 Å². The number of carbonyl (C=O) groups excluding carboxylic acids is 3. The number of imide groups is 1. The Morgan fingerprint density at radius 1 is 1.04 bits per heavy atom. The fraction of sp³-hybridized carbons (Fsp3) is 0.111. The zero-order valence-electron chi connectivity index (χ0n) is 12.8. The van der Waals surface area contributed by atoms with Crippen LogP contribution in [0.1, 0.15) is 33.2 Å². The van der Waals surface area contributed by atoms with Gasteiger partial charge in [-0.15, -0.1) is 0 Å². The van der Waals surface area contributed by atoms with Gasteiger partial charge in [0.15, 0.2) is 0 Å². The Bertz CT molecular complexity index is 863. The van der Waals surface area contributed by atoms with Crippen molar-refractivity contribution in [1.82, 2.24) is 4.90 Å². The largest absolute Gasteiger partial charge is 0.323 e. The van der Waals surface area contributed by atoms with E-state index in [1.165, 1.54) is 6.92 Å². The molecule has 3 amide bonds. The van der Waals surface area contributed by atoms with Gasteiger partial charge < -0.3 is 5.32 Å². The lowest BCUT2D eigenvalue weighted by Gasteiger charge is -2.21. The van der Waals surface area contributed by atoms with Crippen molar-refractivity contribution < 1.29 is 14.4 Å². The molecule has 1 aliphatic heterocycles. The highest BCUT2D eigenvalue weighted by Gasteiger charge is 2.40. The van der Waals surface area contributed by atoms with Crippen LogP contribution in [0.3, 0.4) is 0 Å². The number of anilines is 1. The zero-order chi connectivity index (χ0) is 17.3. The van der Waals surface area contributed by atoms with Crippen LogP contribution in [-0.4, -0.2) is 28.7 Å². The number of hydrogen-bond donors (Lipinski definition) is 1. The van der Waals surface area contributed by atoms with Crippen LogP contribution in [-0.2, 0) is 4.79 Å². The number of hydrogen-bond acceptors (Lipinski definition) is 4. The number of nitrogens with one attached hydrogen (secondary N) is 1. The van der Waals surface area contributed by atoms with Gasteiger partial charge in [-0.05, 0) is 31.2 Å². The van der Waals surface area contributed by atoms with E-state index < -0.39 is 23.8 Å². The third-order valence-electron chi connectivity index (χ3n) is 3.90. The highest BCUT2D eigenvalue weighted by atomic mass is 16.2. The summed E-state index contributed by atoms with van der Waals surface area (Å²) in [6.45, 7) is 1.48. The molecule has 0 aromatic heterocycles. The molecule has 2 aromatic rings. The third kappa shape index (κ3) is 2.42. The monoisotopic (exact) mass is 319 g/mol. The minimum absolute atomic E-state index is 0.291. The van der Waals surface area contributed by atoms with Crippen LogP contribution in [0.15, 0.2) is 48.5 Å². The zero-order valence-corrected chi connectivity index (χ0v) is 12.8. The molecule has 6 nitrogen and oxygen atoms in total. The Labute approximate surface area is 138 Å². The molecule has 0 bridgehead atoms. The molecule has 1 atom stereocenters. The minimum atomic E-state index is -0.996. The van der Waals surface area contributed by atoms with Gasteiger partial charge in [0.1, 0.15) is 12.1 Å². The smallest absolute Gasteiger partial charge is 0.262 e. The molecule has 118 valence electrons. The molecule has 0 fully saturated rings. The first-order valence-electron chi connectivity index (χ1n) is 7.31. The topological polar surface area (TPSA) is 90.3 Å². The molecule has 2 aromatic carbocycles. The summed E-state index contributed by atoms with van der Waals surface area (Å²) in [5, 5.41) is 11.7. The van der Waals surface area contributed by atoms with Crippen LogP contribution in [0.5, 0.6) is 0 Å². The molecular formula is C18H13N3O3. The number of nitriles is 1. The Hall–Kier alpha value is -3.46. The highest BCUT2D eigenvalue weighted by Crippen LogP contribution is 2.25. The summed E-state index contributed by atoms with van der Waals surface area (Å²) in [6, 6.07) is 14.0. The van der Waals surface area contributed by atoms with Gasteiger partial charge in [0.05, 0.1) is 22.4 Å². The van der Waals surface area contributed by atoms with Crippen LogP contribution in [0, 0.1) is 11.3 Å². The predicted molar refractivity (Wildman–Crippen MR) is 86.2 cm³/mol. The van der Waals surface area contributed by atoms with E-state index in [2.05, 4.69) is 5.32 Å². The quantitative estimate of drug-likeness (QED) is 0.878. The van der Waals surface area contributed by atoms with Crippen molar-refractivity contribution in [1.29, 1.82) is 5.26 Å². The molecule has 0 spiro atoms. The maximum Gasteiger partial charge on any atom is 0.262 e. The van der Waals surface area contributed by atoms with Crippen molar-refractivity contribution >= 4 is 23.4 Å². The van der Waals surface area contributed by atoms with Gasteiger partial charge in [-0.25, -0.2) is 0 Å². The first-order chi connectivity index (χ1) is 11.5. The Morgan fingerprint density at radius 2 is 1.58 bits per heavy atom. The number of fused-ring (bicyclic) bond motifs is 1. The van der Waals surface area contributed by atoms with E-state index in [1.54, 1.807) is 48.5 Å². The molecule has 1 heterocycles. The number of nitrogens with zero attached hydrogens (tertiary/aromatic N) is 2. The summed E-state index contributed by atoms with van der Waals surface area (Å²) in [4.78, 5) is 38.2. The summed E-state index contributed by atoms with van der Waals surface area (Å²) in [5.41, 5.74) is 1.23. The lowest BCUT2D eigenvalue weighted by atomic mass is 10.1. The number of para-hydroxylation sites is 1. The van der Waals surface area contributed by atoms with Crippen LogP contribution in [0.2, 0.25) is 0 Å². The molecule has 3 rings (SSSR count). The number of benzene rings is 2. The van der Waals surface area contributed by atoms with Crippen molar-refractivity contribution in [3.05, 3.63) is 65.2 Å². The Kier molecular flexibility index (Phi) is 3.84. The average Bonchev–Trinajstić information content (AvgIpc) is 2.86. The molecule has 1 aliphatic rings. The summed E-state index contributed by atoms with van der Waals surface area (Å²) in [7, 11) is 0. The Morgan fingerprint density at radius 3 is 2.17 bits per heavy atom. The molecule has 0 aliphatic carbocycles. The minimum Gasteiger partial charge on any atom is -0.323 e.